The van der Waals surface area contributed by atoms with Gasteiger partial charge in [0.2, 0.25) is 0 Å². The first-order valence-electron chi connectivity index (χ1n) is 8.51. The van der Waals surface area contributed by atoms with Crippen molar-refractivity contribution in [2.24, 2.45) is 0 Å². The summed E-state index contributed by atoms with van der Waals surface area (Å²) in [5.74, 6) is 0.901. The summed E-state index contributed by atoms with van der Waals surface area (Å²) in [4.78, 5) is 0. The van der Waals surface area contributed by atoms with Gasteiger partial charge in [-0.15, -0.1) is 0 Å². The summed E-state index contributed by atoms with van der Waals surface area (Å²) in [5, 5.41) is 7.32. The quantitative estimate of drug-likeness (QED) is 0.678. The highest BCUT2D eigenvalue weighted by Crippen LogP contribution is 2.31. The van der Waals surface area contributed by atoms with Crippen molar-refractivity contribution in [1.82, 2.24) is 5.32 Å². The van der Waals surface area contributed by atoms with Crippen LogP contribution in [0.15, 0.2) is 54.6 Å². The molecular formula is C21H19Cl3NO-. The molecule has 0 bridgehead atoms. The lowest BCUT2D eigenvalue weighted by Gasteiger charge is -2.15. The van der Waals surface area contributed by atoms with Crippen molar-refractivity contribution in [3.8, 4) is 5.75 Å². The first-order chi connectivity index (χ1) is 12.2. The lowest BCUT2D eigenvalue weighted by atomic mass is 10.0. The Morgan fingerprint density at radius 2 is 1.81 bits per heavy atom. The number of ether oxygens (including phenoxy) is 1. The standard InChI is InChI=1S/C21H19Cl2NO.ClH/c22-16-7-5-15(20(23)11-16)13-25-21-10-6-14-3-1-2-4-18(14)19(21)12-24-17-8-9-17;/h1-7,10-11,17,24H,8-9,12-13H2;1H/p-1. The number of nitrogens with one attached hydrogen (secondary N) is 1. The van der Waals surface area contributed by atoms with Crippen molar-refractivity contribution in [2.45, 2.75) is 32.0 Å². The van der Waals surface area contributed by atoms with Gasteiger partial charge in [-0.25, -0.2) is 0 Å². The van der Waals surface area contributed by atoms with Gasteiger partial charge >= 0.3 is 0 Å². The van der Waals surface area contributed by atoms with Crippen molar-refractivity contribution >= 4 is 34.0 Å². The normalized spacial score (nSPS) is 13.5. The molecule has 0 unspecified atom stereocenters. The summed E-state index contributed by atoms with van der Waals surface area (Å²) in [5.41, 5.74) is 2.13. The van der Waals surface area contributed by atoms with E-state index in [2.05, 4.69) is 41.7 Å². The Hall–Kier alpha value is -1.45. The van der Waals surface area contributed by atoms with E-state index in [1.807, 2.05) is 12.1 Å². The second kappa shape index (κ2) is 8.49. The minimum atomic E-state index is 0. The van der Waals surface area contributed by atoms with Crippen LogP contribution in [0.2, 0.25) is 10.0 Å². The van der Waals surface area contributed by atoms with Crippen LogP contribution >= 0.6 is 23.2 Å². The Bertz CT molecular complexity index is 909. The van der Waals surface area contributed by atoms with Crippen LogP contribution in [-0.4, -0.2) is 6.04 Å². The molecule has 0 spiro atoms. The van der Waals surface area contributed by atoms with Gasteiger partial charge in [0, 0.05) is 33.8 Å². The summed E-state index contributed by atoms with van der Waals surface area (Å²) in [6.45, 7) is 1.24. The zero-order chi connectivity index (χ0) is 17.2. The van der Waals surface area contributed by atoms with E-state index in [9.17, 15) is 0 Å². The summed E-state index contributed by atoms with van der Waals surface area (Å²) in [7, 11) is 0. The predicted molar refractivity (Wildman–Crippen MR) is 105 cm³/mol. The molecule has 3 aromatic rings. The van der Waals surface area contributed by atoms with Gasteiger partial charge in [-0.3, -0.25) is 0 Å². The summed E-state index contributed by atoms with van der Waals surface area (Å²) in [6.07, 6.45) is 2.53. The molecule has 0 saturated heterocycles. The zero-order valence-electron chi connectivity index (χ0n) is 14.1. The van der Waals surface area contributed by atoms with Gasteiger partial charge in [-0.05, 0) is 41.8 Å². The molecule has 0 aliphatic heterocycles. The van der Waals surface area contributed by atoms with E-state index in [0.717, 1.165) is 17.9 Å². The molecule has 1 saturated carbocycles. The van der Waals surface area contributed by atoms with Gasteiger partial charge in [-0.2, -0.15) is 0 Å². The van der Waals surface area contributed by atoms with E-state index in [1.54, 1.807) is 6.07 Å². The monoisotopic (exact) mass is 406 g/mol. The molecule has 0 heterocycles. The second-order valence-electron chi connectivity index (χ2n) is 6.44. The second-order valence-corrected chi connectivity index (χ2v) is 7.29. The largest absolute Gasteiger partial charge is 1.00 e. The first kappa shape index (κ1) is 19.3. The van der Waals surface area contributed by atoms with Crippen molar-refractivity contribution in [2.75, 3.05) is 0 Å². The van der Waals surface area contributed by atoms with Gasteiger partial charge in [0.1, 0.15) is 12.4 Å². The van der Waals surface area contributed by atoms with Crippen LogP contribution in [-0.2, 0) is 13.2 Å². The number of benzene rings is 3. The summed E-state index contributed by atoms with van der Waals surface area (Å²) in [6, 6.07) is 18.7. The SMILES string of the molecule is Clc1ccc(COc2ccc3ccccc3c2CNC2CC2)c(Cl)c1.[Cl-]. The molecular weight excluding hydrogens is 389 g/mol. The van der Waals surface area contributed by atoms with Crippen molar-refractivity contribution < 1.29 is 17.1 Å². The fourth-order valence-corrected chi connectivity index (χ4v) is 3.42. The highest BCUT2D eigenvalue weighted by molar-refractivity contribution is 6.35. The fraction of sp³-hybridized carbons (Fsp3) is 0.238. The zero-order valence-corrected chi connectivity index (χ0v) is 16.4. The van der Waals surface area contributed by atoms with Crippen LogP contribution in [0.5, 0.6) is 5.75 Å². The van der Waals surface area contributed by atoms with Gasteiger partial charge in [0.15, 0.2) is 0 Å². The third kappa shape index (κ3) is 4.44. The molecule has 26 heavy (non-hydrogen) atoms. The highest BCUT2D eigenvalue weighted by Gasteiger charge is 2.21. The molecule has 1 fully saturated rings. The molecule has 4 rings (SSSR count). The van der Waals surface area contributed by atoms with Crippen molar-refractivity contribution in [3.63, 3.8) is 0 Å². The molecule has 136 valence electrons. The van der Waals surface area contributed by atoms with E-state index < -0.39 is 0 Å². The minimum Gasteiger partial charge on any atom is -1.00 e. The molecule has 0 radical (unpaired) electrons. The maximum Gasteiger partial charge on any atom is 0.124 e. The molecule has 1 N–H and O–H groups in total. The smallest absolute Gasteiger partial charge is 0.124 e. The first-order valence-corrected chi connectivity index (χ1v) is 9.27. The third-order valence-electron chi connectivity index (χ3n) is 4.54. The van der Waals surface area contributed by atoms with Gasteiger partial charge in [0.25, 0.3) is 0 Å². The van der Waals surface area contributed by atoms with Crippen LogP contribution < -0.4 is 22.5 Å². The molecule has 3 aromatic carbocycles. The van der Waals surface area contributed by atoms with Crippen molar-refractivity contribution in [3.05, 3.63) is 75.8 Å². The van der Waals surface area contributed by atoms with E-state index in [-0.39, 0.29) is 12.4 Å². The average molecular weight is 408 g/mol. The molecule has 0 aromatic heterocycles. The Morgan fingerprint density at radius 1 is 1.00 bits per heavy atom. The molecule has 1 aliphatic carbocycles. The fourth-order valence-electron chi connectivity index (χ4n) is 2.96. The van der Waals surface area contributed by atoms with Gasteiger partial charge < -0.3 is 22.5 Å². The number of halogens is 3. The van der Waals surface area contributed by atoms with Crippen LogP contribution in [0.4, 0.5) is 0 Å². The van der Waals surface area contributed by atoms with E-state index in [0.29, 0.717) is 22.7 Å². The van der Waals surface area contributed by atoms with Crippen LogP contribution in [0, 0.1) is 0 Å². The summed E-state index contributed by atoms with van der Waals surface area (Å²) < 4.78 is 6.14. The van der Waals surface area contributed by atoms with E-state index >= 15 is 0 Å². The molecule has 5 heteroatoms. The van der Waals surface area contributed by atoms with E-state index in [4.69, 9.17) is 27.9 Å². The molecule has 2 nitrogen and oxygen atoms in total. The lowest BCUT2D eigenvalue weighted by Crippen LogP contribution is -3.00. The third-order valence-corrected chi connectivity index (χ3v) is 5.13. The topological polar surface area (TPSA) is 21.3 Å². The Kier molecular flexibility index (Phi) is 6.31. The Morgan fingerprint density at radius 3 is 2.58 bits per heavy atom. The maximum atomic E-state index is 6.26. The number of rotatable bonds is 6. The molecule has 1 aliphatic rings. The maximum absolute atomic E-state index is 6.26. The predicted octanol–water partition coefficient (Wildman–Crippen LogP) is 2.98. The van der Waals surface area contributed by atoms with Crippen molar-refractivity contribution in [1.29, 1.82) is 0 Å². The Labute approximate surface area is 169 Å². The van der Waals surface area contributed by atoms with Crippen LogP contribution in [0.25, 0.3) is 10.8 Å². The van der Waals surface area contributed by atoms with Gasteiger partial charge in [-0.1, -0.05) is 59.6 Å². The Balaban J connectivity index is 0.00000196. The van der Waals surface area contributed by atoms with Crippen LogP contribution in [0.3, 0.4) is 0 Å². The summed E-state index contributed by atoms with van der Waals surface area (Å²) >= 11 is 12.2. The van der Waals surface area contributed by atoms with Crippen LogP contribution in [0.1, 0.15) is 24.0 Å². The number of hydrogen-bond donors (Lipinski definition) is 1. The highest BCUT2D eigenvalue weighted by atomic mass is 35.5. The molecule has 0 atom stereocenters. The average Bonchev–Trinajstić information content (AvgIpc) is 3.44. The minimum absolute atomic E-state index is 0. The number of hydrogen-bond acceptors (Lipinski definition) is 2. The lowest BCUT2D eigenvalue weighted by molar-refractivity contribution is -0.00000515. The number of fused-ring (bicyclic) bond motifs is 1. The molecule has 0 amide bonds. The van der Waals surface area contributed by atoms with E-state index in [1.165, 1.54) is 29.2 Å². The van der Waals surface area contributed by atoms with Gasteiger partial charge in [0.05, 0.1) is 0 Å².